The van der Waals surface area contributed by atoms with Crippen LogP contribution < -0.4 is 21.3 Å². The number of ether oxygens (including phenoxy) is 17. The summed E-state index contributed by atoms with van der Waals surface area (Å²) < 4.78 is 101. The molecular formula is C62H104N4O44. The minimum Gasteiger partial charge on any atom is -0.394 e. The van der Waals surface area contributed by atoms with Gasteiger partial charge in [0.1, 0.15) is 207 Å². The highest BCUT2D eigenvalue weighted by molar-refractivity contribution is 5.74. The highest BCUT2D eigenvalue weighted by Gasteiger charge is 2.60. The first-order valence-corrected chi connectivity index (χ1v) is 35.3. The first kappa shape index (κ1) is 90.2. The molecule has 9 saturated heterocycles. The van der Waals surface area contributed by atoms with Crippen LogP contribution in [0.15, 0.2) is 0 Å². The molecule has 0 spiro atoms. The third-order valence-electron chi connectivity index (χ3n) is 20.2. The lowest BCUT2D eigenvalue weighted by Crippen LogP contribution is -2.70. The molecule has 110 heavy (non-hydrogen) atoms. The monoisotopic (exact) mass is 1610 g/mol. The number of rotatable bonds is 28. The van der Waals surface area contributed by atoms with Crippen molar-refractivity contribution in [2.24, 2.45) is 0 Å². The largest absolute Gasteiger partial charge is 0.394 e. The number of nitrogens with one attached hydrogen (secondary N) is 4. The van der Waals surface area contributed by atoms with Gasteiger partial charge in [0.05, 0.1) is 71.6 Å². The molecule has 44 atom stereocenters. The van der Waals surface area contributed by atoms with E-state index in [1.807, 2.05) is 0 Å². The predicted molar refractivity (Wildman–Crippen MR) is 341 cm³/mol. The summed E-state index contributed by atoms with van der Waals surface area (Å²) in [7, 11) is 0. The number of hydrogen-bond donors (Lipinski definition) is 27. The average Bonchev–Trinajstić information content (AvgIpc) is 0.770. The molecule has 4 amide bonds. The summed E-state index contributed by atoms with van der Waals surface area (Å²) in [6, 6.07) is -6.82. The summed E-state index contributed by atoms with van der Waals surface area (Å²) in [6.45, 7) is -3.32. The van der Waals surface area contributed by atoms with Crippen LogP contribution in [0.4, 0.5) is 0 Å². The lowest BCUT2D eigenvalue weighted by atomic mass is 9.94. The van der Waals surface area contributed by atoms with Crippen LogP contribution in [-0.2, 0) is 99.7 Å². The molecule has 48 heteroatoms. The molecule has 9 aliphatic rings. The van der Waals surface area contributed by atoms with Crippen molar-refractivity contribution in [3.63, 3.8) is 0 Å². The molecule has 9 fully saturated rings. The molecule has 636 valence electrons. The van der Waals surface area contributed by atoms with E-state index in [0.29, 0.717) is 0 Å². The van der Waals surface area contributed by atoms with Crippen LogP contribution in [0.5, 0.6) is 0 Å². The summed E-state index contributed by atoms with van der Waals surface area (Å²) in [4.78, 5) is 50.9. The fraction of sp³-hybridized carbons (Fsp3) is 0.935. The van der Waals surface area contributed by atoms with Gasteiger partial charge in [-0.15, -0.1) is 0 Å². The molecule has 9 rings (SSSR count). The number of carbonyl (C=O) groups is 4. The van der Waals surface area contributed by atoms with Crippen molar-refractivity contribution in [1.29, 1.82) is 0 Å². The summed E-state index contributed by atoms with van der Waals surface area (Å²) in [5, 5.41) is 265. The molecule has 9 heterocycles. The van der Waals surface area contributed by atoms with E-state index in [-0.39, 0.29) is 0 Å². The summed E-state index contributed by atoms with van der Waals surface area (Å²) in [6.07, 6.45) is -79.5. The van der Waals surface area contributed by atoms with Crippen molar-refractivity contribution in [2.75, 3.05) is 59.5 Å². The van der Waals surface area contributed by atoms with Crippen LogP contribution in [0.3, 0.4) is 0 Å². The minimum atomic E-state index is -2.53. The van der Waals surface area contributed by atoms with Gasteiger partial charge >= 0.3 is 0 Å². The van der Waals surface area contributed by atoms with Gasteiger partial charge < -0.3 is 219 Å². The number of aliphatic hydroxyl groups excluding tert-OH is 23. The maximum absolute atomic E-state index is 13.2. The van der Waals surface area contributed by atoms with E-state index in [4.69, 9.17) is 80.5 Å². The van der Waals surface area contributed by atoms with Crippen LogP contribution >= 0.6 is 0 Å². The van der Waals surface area contributed by atoms with Gasteiger partial charge in [0.25, 0.3) is 0 Å². The highest BCUT2D eigenvalue weighted by Crippen LogP contribution is 2.39. The second-order valence-electron chi connectivity index (χ2n) is 28.1. The Balaban J connectivity index is 1.04. The highest BCUT2D eigenvalue weighted by atomic mass is 16.8. The van der Waals surface area contributed by atoms with E-state index < -0.39 is 353 Å². The van der Waals surface area contributed by atoms with Gasteiger partial charge in [0, 0.05) is 27.7 Å². The predicted octanol–water partition coefficient (Wildman–Crippen LogP) is -18.3. The molecule has 0 radical (unpaired) electrons. The fourth-order valence-corrected chi connectivity index (χ4v) is 14.2. The molecule has 0 saturated carbocycles. The molecule has 0 unspecified atom stereocenters. The maximum atomic E-state index is 13.2. The van der Waals surface area contributed by atoms with E-state index in [1.54, 1.807) is 0 Å². The van der Waals surface area contributed by atoms with Gasteiger partial charge in [-0.3, -0.25) is 19.2 Å². The minimum absolute atomic E-state index is 0.422. The van der Waals surface area contributed by atoms with E-state index in [2.05, 4.69) is 21.3 Å². The quantitative estimate of drug-likeness (QED) is 0.0346. The van der Waals surface area contributed by atoms with E-state index in [0.717, 1.165) is 27.7 Å². The third-order valence-corrected chi connectivity index (χ3v) is 20.2. The second kappa shape index (κ2) is 39.5. The van der Waals surface area contributed by atoms with Gasteiger partial charge in [-0.2, -0.15) is 0 Å². The molecule has 0 aromatic rings. The van der Waals surface area contributed by atoms with Gasteiger partial charge in [0.2, 0.25) is 23.6 Å². The van der Waals surface area contributed by atoms with Gasteiger partial charge in [-0.1, -0.05) is 0 Å². The van der Waals surface area contributed by atoms with Gasteiger partial charge in [-0.05, 0) is 6.92 Å². The van der Waals surface area contributed by atoms with E-state index in [9.17, 15) is 137 Å². The number of amides is 4. The smallest absolute Gasteiger partial charge is 0.217 e. The Morgan fingerprint density at radius 1 is 0.282 bits per heavy atom. The first-order chi connectivity index (χ1) is 52.0. The van der Waals surface area contributed by atoms with Crippen LogP contribution in [0, 0.1) is 0 Å². The SMILES string of the molecule is CC(=O)N[C@H]1[C@H](O[C@H]2[C@H](O)[C@@H](NC(C)=O)CO[C@@H]2CO[C@@H]2O[C@@H](C)[C@@H](O)[C@@H](O)[C@@H]2O)O[C@H](CO)[C@@H](O[C@@H]2O[C@H](CO[C@H]3O[C@H](CO)[C@@H](O)[C@H](O)[C@@H]3O[C@@H]3O[C@H](CO)[C@@H](O[C@@H]4O[C@H](CO)[C@H](O)[C@H](O)[C@H]4O)[C@H](O)[C@H]3NC(C)=O)[C@@H](O)[C@H](O[C@H]3O[C@H](CO)[C@@H](O)[C@H](O)[C@@H]3O[C@@H]3O[C@H](CO)[C@@H](O)[C@H](O)[C@H]3NC(C)=O)[C@@H]2O)[C@@H]1O. The van der Waals surface area contributed by atoms with Crippen molar-refractivity contribution in [1.82, 2.24) is 21.3 Å². The summed E-state index contributed by atoms with van der Waals surface area (Å²) in [5.74, 6) is -3.37. The van der Waals surface area contributed by atoms with Gasteiger partial charge in [0.15, 0.2) is 50.3 Å². The Hall–Kier alpha value is -3.72. The first-order valence-electron chi connectivity index (χ1n) is 35.3. The van der Waals surface area contributed by atoms with Crippen molar-refractivity contribution in [3.8, 4) is 0 Å². The molecule has 0 aromatic heterocycles. The average molecular weight is 1610 g/mol. The zero-order valence-electron chi connectivity index (χ0n) is 59.6. The molecule has 27 N–H and O–H groups in total. The summed E-state index contributed by atoms with van der Waals surface area (Å²) >= 11 is 0. The third kappa shape index (κ3) is 20.1. The van der Waals surface area contributed by atoms with Crippen LogP contribution in [0.2, 0.25) is 0 Å². The van der Waals surface area contributed by atoms with Crippen molar-refractivity contribution >= 4 is 23.6 Å². The summed E-state index contributed by atoms with van der Waals surface area (Å²) in [5.41, 5.74) is 0. The molecular weight excluding hydrogens is 1500 g/mol. The molecule has 9 aliphatic heterocycles. The van der Waals surface area contributed by atoms with Crippen molar-refractivity contribution < 1.29 is 217 Å². The zero-order chi connectivity index (χ0) is 80.9. The normalized spacial score (nSPS) is 48.9. The number of carbonyl (C=O) groups excluding carboxylic acids is 4. The zero-order valence-corrected chi connectivity index (χ0v) is 59.6. The molecule has 48 nitrogen and oxygen atoms in total. The Morgan fingerprint density at radius 3 is 1.08 bits per heavy atom. The lowest BCUT2D eigenvalue weighted by Gasteiger charge is -2.51. The molecule has 0 aromatic carbocycles. The Morgan fingerprint density at radius 2 is 0.609 bits per heavy atom. The standard InChI is InChI=1S/C62H104N4O44/c1-15-32(77)42(87)46(91)58(97-15)95-14-28-51(33(78)20(12-94-28)63-16(2)73)105-56-30(65-18(4)75)40(85)50(26(11-72)102-56)107-60-48(93)52(108-62-54(45(90)37(82)24(9-70)101-62)110-55-29(64-17(3)74)39(84)34(79)21(6-67)98-55)38(83)27(104-60)13-96-61-53(44(89)36(81)23(8-69)100-61)109-57-31(66-19(5)76)41(86)49(25(10-71)103-57)106-59-47(92)43(88)35(80)22(7-68)99-59/h15,20-62,67-72,77-93H,6-14H2,1-5H3,(H,63,73)(H,64,74)(H,65,75)(H,66,76)/t15-,20-,21+,22+,23+,24+,25+,26+,27+,28+,29+,30+,31+,32+,33+,34+,35-,36+,37+,38+,39+,40+,41+,42+,43-,44-,45-,46-,47+,48-,49+,50+,51+,52-,53-,54-,55-,56-,57-,58+,59-,60-,61-,62+/m0/s1. The lowest BCUT2D eigenvalue weighted by molar-refractivity contribution is -0.396. The second-order valence-corrected chi connectivity index (χ2v) is 28.1. The number of hydrogen-bond acceptors (Lipinski definition) is 44. The fourth-order valence-electron chi connectivity index (χ4n) is 14.2. The van der Waals surface area contributed by atoms with E-state index in [1.165, 1.54) is 6.92 Å². The topological polar surface area (TPSA) is 739 Å². The maximum Gasteiger partial charge on any atom is 0.217 e. The van der Waals surface area contributed by atoms with E-state index >= 15 is 0 Å². The Bertz CT molecular complexity index is 2920. The Kier molecular flexibility index (Phi) is 32.4. The molecule has 0 aliphatic carbocycles. The van der Waals surface area contributed by atoms with Crippen LogP contribution in [-0.4, -0.2) is 470 Å². The van der Waals surface area contributed by atoms with Crippen LogP contribution in [0.1, 0.15) is 34.6 Å². The van der Waals surface area contributed by atoms with Gasteiger partial charge in [-0.25, -0.2) is 0 Å². The van der Waals surface area contributed by atoms with Crippen molar-refractivity contribution in [2.45, 2.75) is 304 Å². The molecule has 0 bridgehead atoms. The number of aliphatic hydroxyl groups is 23. The Labute approximate surface area is 624 Å². The van der Waals surface area contributed by atoms with Crippen molar-refractivity contribution in [3.05, 3.63) is 0 Å². The van der Waals surface area contributed by atoms with Crippen LogP contribution in [0.25, 0.3) is 0 Å².